The Balaban J connectivity index is 2.90. The average molecular weight is 186 g/mol. The SMILES string of the molecule is Cc1cnc2ccccc2c1C(N)=O. The van der Waals surface area contributed by atoms with Gasteiger partial charge in [-0.3, -0.25) is 9.78 Å². The predicted octanol–water partition coefficient (Wildman–Crippen LogP) is 1.64. The molecule has 1 amide bonds. The van der Waals surface area contributed by atoms with Gasteiger partial charge >= 0.3 is 0 Å². The summed E-state index contributed by atoms with van der Waals surface area (Å²) in [6, 6.07) is 7.47. The molecule has 0 aliphatic rings. The minimum absolute atomic E-state index is 0.402. The van der Waals surface area contributed by atoms with E-state index in [2.05, 4.69) is 4.98 Å². The van der Waals surface area contributed by atoms with Crippen molar-refractivity contribution >= 4 is 16.8 Å². The van der Waals surface area contributed by atoms with Gasteiger partial charge in [0, 0.05) is 11.6 Å². The maximum absolute atomic E-state index is 11.2. The molecule has 0 saturated carbocycles. The van der Waals surface area contributed by atoms with Gasteiger partial charge in [-0.05, 0) is 18.6 Å². The van der Waals surface area contributed by atoms with Crippen LogP contribution in [0.25, 0.3) is 10.9 Å². The molecule has 1 heterocycles. The zero-order valence-electron chi connectivity index (χ0n) is 7.82. The number of amides is 1. The quantitative estimate of drug-likeness (QED) is 0.736. The third-order valence-corrected chi connectivity index (χ3v) is 2.21. The molecule has 0 bridgehead atoms. The van der Waals surface area contributed by atoms with Crippen LogP contribution in [0.1, 0.15) is 15.9 Å². The van der Waals surface area contributed by atoms with Crippen molar-refractivity contribution < 1.29 is 4.79 Å². The Labute approximate surface area is 81.6 Å². The average Bonchev–Trinajstić information content (AvgIpc) is 2.17. The summed E-state index contributed by atoms with van der Waals surface area (Å²) in [5, 5.41) is 0.819. The second-order valence-corrected chi connectivity index (χ2v) is 3.20. The Morgan fingerprint density at radius 2 is 2.07 bits per heavy atom. The first kappa shape index (κ1) is 8.69. The molecule has 1 aromatic heterocycles. The van der Waals surface area contributed by atoms with Gasteiger partial charge in [0.25, 0.3) is 0 Å². The van der Waals surface area contributed by atoms with Gasteiger partial charge in [-0.1, -0.05) is 18.2 Å². The molecule has 0 unspecified atom stereocenters. The van der Waals surface area contributed by atoms with Gasteiger partial charge in [-0.15, -0.1) is 0 Å². The number of aryl methyl sites for hydroxylation is 1. The highest BCUT2D eigenvalue weighted by Gasteiger charge is 2.09. The van der Waals surface area contributed by atoms with Crippen LogP contribution < -0.4 is 5.73 Å². The number of rotatable bonds is 1. The smallest absolute Gasteiger partial charge is 0.249 e. The van der Waals surface area contributed by atoms with Crippen molar-refractivity contribution in [1.29, 1.82) is 0 Å². The number of pyridine rings is 1. The minimum atomic E-state index is -0.402. The van der Waals surface area contributed by atoms with Crippen molar-refractivity contribution in [3.05, 3.63) is 41.6 Å². The zero-order valence-corrected chi connectivity index (χ0v) is 7.82. The van der Waals surface area contributed by atoms with E-state index in [0.717, 1.165) is 16.5 Å². The van der Waals surface area contributed by atoms with E-state index in [1.807, 2.05) is 31.2 Å². The van der Waals surface area contributed by atoms with Gasteiger partial charge in [0.15, 0.2) is 0 Å². The van der Waals surface area contributed by atoms with Gasteiger partial charge in [0.2, 0.25) is 5.91 Å². The maximum atomic E-state index is 11.2. The Hall–Kier alpha value is -1.90. The van der Waals surface area contributed by atoms with Crippen LogP contribution in [0.4, 0.5) is 0 Å². The lowest BCUT2D eigenvalue weighted by Gasteiger charge is -2.05. The van der Waals surface area contributed by atoms with Gasteiger partial charge in [0.05, 0.1) is 11.1 Å². The van der Waals surface area contributed by atoms with Crippen molar-refractivity contribution in [3.63, 3.8) is 0 Å². The van der Waals surface area contributed by atoms with E-state index < -0.39 is 5.91 Å². The molecular weight excluding hydrogens is 176 g/mol. The van der Waals surface area contributed by atoms with Gasteiger partial charge in [-0.25, -0.2) is 0 Å². The summed E-state index contributed by atoms with van der Waals surface area (Å²) < 4.78 is 0. The monoisotopic (exact) mass is 186 g/mol. The Bertz CT molecular complexity index is 506. The summed E-state index contributed by atoms with van der Waals surface area (Å²) in [4.78, 5) is 15.4. The van der Waals surface area contributed by atoms with Crippen LogP contribution in [-0.2, 0) is 0 Å². The number of benzene rings is 1. The number of carbonyl (C=O) groups is 1. The van der Waals surface area contributed by atoms with Crippen molar-refractivity contribution in [2.75, 3.05) is 0 Å². The number of fused-ring (bicyclic) bond motifs is 1. The molecule has 3 heteroatoms. The molecule has 2 N–H and O–H groups in total. The van der Waals surface area contributed by atoms with E-state index >= 15 is 0 Å². The third kappa shape index (κ3) is 1.23. The predicted molar refractivity (Wildman–Crippen MR) is 55.0 cm³/mol. The van der Waals surface area contributed by atoms with Crippen LogP contribution >= 0.6 is 0 Å². The molecule has 0 aliphatic heterocycles. The van der Waals surface area contributed by atoms with Crippen LogP contribution in [0.3, 0.4) is 0 Å². The summed E-state index contributed by atoms with van der Waals surface area (Å²) in [7, 11) is 0. The van der Waals surface area contributed by atoms with E-state index in [9.17, 15) is 4.79 Å². The molecule has 0 fully saturated rings. The Kier molecular flexibility index (Phi) is 1.93. The number of primary amides is 1. The maximum Gasteiger partial charge on any atom is 0.249 e. The van der Waals surface area contributed by atoms with E-state index in [-0.39, 0.29) is 0 Å². The number of aromatic nitrogens is 1. The minimum Gasteiger partial charge on any atom is -0.366 e. The van der Waals surface area contributed by atoms with Crippen LogP contribution in [0, 0.1) is 6.92 Å². The standard InChI is InChI=1S/C11H10N2O/c1-7-6-13-9-5-3-2-4-8(9)10(7)11(12)14/h2-6H,1H3,(H2,12,14). The van der Waals surface area contributed by atoms with E-state index in [0.29, 0.717) is 5.56 Å². The highest BCUT2D eigenvalue weighted by atomic mass is 16.1. The summed E-state index contributed by atoms with van der Waals surface area (Å²) in [5.74, 6) is -0.402. The van der Waals surface area contributed by atoms with Crippen LogP contribution in [0.15, 0.2) is 30.5 Å². The molecule has 14 heavy (non-hydrogen) atoms. The van der Waals surface area contributed by atoms with Crippen molar-refractivity contribution in [2.45, 2.75) is 6.92 Å². The molecule has 0 atom stereocenters. The van der Waals surface area contributed by atoms with Gasteiger partial charge in [0.1, 0.15) is 0 Å². The Morgan fingerprint density at radius 1 is 1.36 bits per heavy atom. The molecule has 0 saturated heterocycles. The molecule has 0 spiro atoms. The number of para-hydroxylation sites is 1. The summed E-state index contributed by atoms with van der Waals surface area (Å²) in [5.41, 5.74) is 7.49. The number of hydrogen-bond donors (Lipinski definition) is 1. The fourth-order valence-corrected chi connectivity index (χ4v) is 1.57. The molecule has 2 aromatic rings. The van der Waals surface area contributed by atoms with Gasteiger partial charge < -0.3 is 5.73 Å². The molecule has 3 nitrogen and oxygen atoms in total. The summed E-state index contributed by atoms with van der Waals surface area (Å²) in [6.45, 7) is 1.83. The fraction of sp³-hybridized carbons (Fsp3) is 0.0909. The third-order valence-electron chi connectivity index (χ3n) is 2.21. The molecular formula is C11H10N2O. The lowest BCUT2D eigenvalue weighted by Crippen LogP contribution is -2.13. The van der Waals surface area contributed by atoms with Crippen LogP contribution in [0.2, 0.25) is 0 Å². The normalized spacial score (nSPS) is 10.4. The van der Waals surface area contributed by atoms with Crippen molar-refractivity contribution in [3.8, 4) is 0 Å². The summed E-state index contributed by atoms with van der Waals surface area (Å²) >= 11 is 0. The first-order valence-electron chi connectivity index (χ1n) is 4.34. The first-order valence-corrected chi connectivity index (χ1v) is 4.34. The number of hydrogen-bond acceptors (Lipinski definition) is 2. The highest BCUT2D eigenvalue weighted by molar-refractivity contribution is 6.06. The highest BCUT2D eigenvalue weighted by Crippen LogP contribution is 2.18. The largest absolute Gasteiger partial charge is 0.366 e. The zero-order chi connectivity index (χ0) is 10.1. The van der Waals surface area contributed by atoms with E-state index in [4.69, 9.17) is 5.73 Å². The number of carbonyl (C=O) groups excluding carboxylic acids is 1. The van der Waals surface area contributed by atoms with Crippen LogP contribution in [-0.4, -0.2) is 10.9 Å². The van der Waals surface area contributed by atoms with E-state index in [1.54, 1.807) is 6.20 Å². The topological polar surface area (TPSA) is 56.0 Å². The van der Waals surface area contributed by atoms with Crippen molar-refractivity contribution in [1.82, 2.24) is 4.98 Å². The first-order chi connectivity index (χ1) is 6.70. The molecule has 70 valence electrons. The Morgan fingerprint density at radius 3 is 2.79 bits per heavy atom. The lowest BCUT2D eigenvalue weighted by atomic mass is 10.0. The van der Waals surface area contributed by atoms with Gasteiger partial charge in [-0.2, -0.15) is 0 Å². The second-order valence-electron chi connectivity index (χ2n) is 3.20. The van der Waals surface area contributed by atoms with Crippen molar-refractivity contribution in [2.24, 2.45) is 5.73 Å². The number of nitrogens with two attached hydrogens (primary N) is 1. The van der Waals surface area contributed by atoms with Crippen LogP contribution in [0.5, 0.6) is 0 Å². The molecule has 1 aromatic carbocycles. The summed E-state index contributed by atoms with van der Waals surface area (Å²) in [6.07, 6.45) is 1.67. The second kappa shape index (κ2) is 3.10. The van der Waals surface area contributed by atoms with E-state index in [1.165, 1.54) is 0 Å². The molecule has 0 radical (unpaired) electrons. The number of nitrogens with zero attached hydrogens (tertiary/aromatic N) is 1. The lowest BCUT2D eigenvalue weighted by molar-refractivity contribution is 0.100. The fourth-order valence-electron chi connectivity index (χ4n) is 1.57. The molecule has 0 aliphatic carbocycles. The molecule has 2 rings (SSSR count).